The third kappa shape index (κ3) is 1.95. The standard InChI is InChI=1S/C11H20N2O2/c1-3-12-6-4-5-9-7-13(8-10(9)12)11(14)15-2/h9-10H,3-8H2,1-2H3. The summed E-state index contributed by atoms with van der Waals surface area (Å²) in [5.41, 5.74) is 0. The van der Waals surface area contributed by atoms with Crippen LogP contribution in [0.3, 0.4) is 0 Å². The van der Waals surface area contributed by atoms with Crippen LogP contribution in [0.25, 0.3) is 0 Å². The molecular weight excluding hydrogens is 192 g/mol. The van der Waals surface area contributed by atoms with Crippen molar-refractivity contribution < 1.29 is 9.53 Å². The second-order valence-electron chi connectivity index (χ2n) is 4.47. The topological polar surface area (TPSA) is 32.8 Å². The van der Waals surface area contributed by atoms with E-state index in [0.717, 1.165) is 19.6 Å². The zero-order valence-corrected chi connectivity index (χ0v) is 9.61. The molecule has 2 aliphatic rings. The number of piperidine rings is 1. The highest BCUT2D eigenvalue weighted by Gasteiger charge is 2.40. The molecule has 4 nitrogen and oxygen atoms in total. The van der Waals surface area contributed by atoms with Crippen LogP contribution in [0.4, 0.5) is 4.79 Å². The maximum Gasteiger partial charge on any atom is 0.409 e. The van der Waals surface area contributed by atoms with Crippen molar-refractivity contribution in [1.29, 1.82) is 0 Å². The molecule has 1 amide bonds. The van der Waals surface area contributed by atoms with Crippen molar-refractivity contribution in [3.63, 3.8) is 0 Å². The molecule has 0 N–H and O–H groups in total. The molecule has 2 heterocycles. The molecule has 4 heteroatoms. The first-order chi connectivity index (χ1) is 7.26. The molecule has 2 atom stereocenters. The van der Waals surface area contributed by atoms with Gasteiger partial charge in [0, 0.05) is 19.1 Å². The highest BCUT2D eigenvalue weighted by atomic mass is 16.5. The molecule has 2 saturated heterocycles. The molecule has 0 bridgehead atoms. The highest BCUT2D eigenvalue weighted by molar-refractivity contribution is 5.67. The number of fused-ring (bicyclic) bond motifs is 1. The lowest BCUT2D eigenvalue weighted by Crippen LogP contribution is -2.45. The van der Waals surface area contributed by atoms with E-state index in [1.807, 2.05) is 4.90 Å². The van der Waals surface area contributed by atoms with Gasteiger partial charge in [-0.25, -0.2) is 4.79 Å². The lowest BCUT2D eigenvalue weighted by molar-refractivity contribution is 0.122. The quantitative estimate of drug-likeness (QED) is 0.654. The monoisotopic (exact) mass is 212 g/mol. The number of amides is 1. The maximum absolute atomic E-state index is 11.4. The van der Waals surface area contributed by atoms with E-state index in [1.54, 1.807) is 0 Å². The van der Waals surface area contributed by atoms with Gasteiger partial charge in [-0.05, 0) is 31.8 Å². The summed E-state index contributed by atoms with van der Waals surface area (Å²) in [5, 5.41) is 0. The van der Waals surface area contributed by atoms with Crippen LogP contribution >= 0.6 is 0 Å². The van der Waals surface area contributed by atoms with E-state index in [-0.39, 0.29) is 6.09 Å². The number of likely N-dealkylation sites (tertiary alicyclic amines) is 2. The number of likely N-dealkylation sites (N-methyl/N-ethyl adjacent to an activating group) is 1. The van der Waals surface area contributed by atoms with Crippen LogP contribution in [0.5, 0.6) is 0 Å². The number of methoxy groups -OCH3 is 1. The minimum absolute atomic E-state index is 0.166. The Balaban J connectivity index is 2.01. The van der Waals surface area contributed by atoms with E-state index in [1.165, 1.54) is 26.5 Å². The third-order valence-electron chi connectivity index (χ3n) is 3.73. The van der Waals surface area contributed by atoms with Gasteiger partial charge < -0.3 is 9.64 Å². The minimum Gasteiger partial charge on any atom is -0.453 e. The lowest BCUT2D eigenvalue weighted by atomic mass is 9.92. The first-order valence-corrected chi connectivity index (χ1v) is 5.83. The Hall–Kier alpha value is -0.770. The third-order valence-corrected chi connectivity index (χ3v) is 3.73. The van der Waals surface area contributed by atoms with Crippen molar-refractivity contribution in [2.45, 2.75) is 25.8 Å². The van der Waals surface area contributed by atoms with E-state index < -0.39 is 0 Å². The van der Waals surface area contributed by atoms with Crippen LogP contribution in [-0.4, -0.2) is 55.2 Å². The van der Waals surface area contributed by atoms with E-state index in [9.17, 15) is 4.79 Å². The number of ether oxygens (including phenoxy) is 1. The molecule has 0 radical (unpaired) electrons. The summed E-state index contributed by atoms with van der Waals surface area (Å²) in [7, 11) is 1.46. The maximum atomic E-state index is 11.4. The molecule has 0 aliphatic carbocycles. The molecule has 2 rings (SSSR count). The Morgan fingerprint density at radius 1 is 1.47 bits per heavy atom. The fourth-order valence-electron chi connectivity index (χ4n) is 2.94. The molecule has 0 aromatic heterocycles. The molecule has 0 aromatic carbocycles. The number of hydrogen-bond acceptors (Lipinski definition) is 3. The summed E-state index contributed by atoms with van der Waals surface area (Å²) in [4.78, 5) is 15.8. The van der Waals surface area contributed by atoms with Crippen LogP contribution in [0, 0.1) is 5.92 Å². The van der Waals surface area contributed by atoms with Gasteiger partial charge in [0.2, 0.25) is 0 Å². The van der Waals surface area contributed by atoms with E-state index in [4.69, 9.17) is 4.74 Å². The van der Waals surface area contributed by atoms with Gasteiger partial charge in [-0.2, -0.15) is 0 Å². The summed E-state index contributed by atoms with van der Waals surface area (Å²) in [6, 6.07) is 0.572. The number of carbonyl (C=O) groups excluding carboxylic acids is 1. The van der Waals surface area contributed by atoms with Gasteiger partial charge in [0.05, 0.1) is 7.11 Å². The van der Waals surface area contributed by atoms with E-state index in [2.05, 4.69) is 11.8 Å². The summed E-state index contributed by atoms with van der Waals surface area (Å²) in [5.74, 6) is 0.665. The Morgan fingerprint density at radius 2 is 2.27 bits per heavy atom. The van der Waals surface area contributed by atoms with Gasteiger partial charge in [0.15, 0.2) is 0 Å². The number of rotatable bonds is 1. The van der Waals surface area contributed by atoms with Gasteiger partial charge in [0.1, 0.15) is 0 Å². The molecule has 2 aliphatic heterocycles. The molecule has 86 valence electrons. The van der Waals surface area contributed by atoms with E-state index >= 15 is 0 Å². The zero-order valence-electron chi connectivity index (χ0n) is 9.61. The molecule has 0 spiro atoms. The van der Waals surface area contributed by atoms with Crippen molar-refractivity contribution >= 4 is 6.09 Å². The summed E-state index contributed by atoms with van der Waals surface area (Å²) in [6.07, 6.45) is 2.36. The normalized spacial score (nSPS) is 31.5. The van der Waals surface area contributed by atoms with E-state index in [0.29, 0.717) is 12.0 Å². The second-order valence-corrected chi connectivity index (χ2v) is 4.47. The molecule has 0 saturated carbocycles. The van der Waals surface area contributed by atoms with Crippen LogP contribution in [0.15, 0.2) is 0 Å². The SMILES string of the molecule is CCN1CCCC2CN(C(=O)OC)CC21. The Kier molecular flexibility index (Phi) is 3.14. The lowest BCUT2D eigenvalue weighted by Gasteiger charge is -2.35. The first kappa shape index (κ1) is 10.7. The number of nitrogens with zero attached hydrogens (tertiary/aromatic N) is 2. The van der Waals surface area contributed by atoms with Gasteiger partial charge in [-0.15, -0.1) is 0 Å². The molecule has 15 heavy (non-hydrogen) atoms. The molecule has 2 unspecified atom stereocenters. The van der Waals surface area contributed by atoms with Crippen LogP contribution in [-0.2, 0) is 4.74 Å². The van der Waals surface area contributed by atoms with Crippen LogP contribution in [0.2, 0.25) is 0 Å². The first-order valence-electron chi connectivity index (χ1n) is 5.83. The van der Waals surface area contributed by atoms with Crippen molar-refractivity contribution in [3.05, 3.63) is 0 Å². The largest absolute Gasteiger partial charge is 0.453 e. The Bertz CT molecular complexity index is 245. The summed E-state index contributed by atoms with van der Waals surface area (Å²) < 4.78 is 4.78. The zero-order chi connectivity index (χ0) is 10.8. The molecular formula is C11H20N2O2. The predicted octanol–water partition coefficient (Wildman–Crippen LogP) is 1.17. The predicted molar refractivity (Wildman–Crippen MR) is 57.7 cm³/mol. The van der Waals surface area contributed by atoms with Crippen molar-refractivity contribution in [2.75, 3.05) is 33.3 Å². The van der Waals surface area contributed by atoms with Crippen molar-refractivity contribution in [2.24, 2.45) is 5.92 Å². The van der Waals surface area contributed by atoms with Crippen molar-refractivity contribution in [3.8, 4) is 0 Å². The Labute approximate surface area is 91.2 Å². The Morgan fingerprint density at radius 3 is 2.93 bits per heavy atom. The fraction of sp³-hybridized carbons (Fsp3) is 0.909. The molecule has 2 fully saturated rings. The minimum atomic E-state index is -0.166. The number of carbonyl (C=O) groups is 1. The van der Waals surface area contributed by atoms with Crippen LogP contribution < -0.4 is 0 Å². The van der Waals surface area contributed by atoms with Gasteiger partial charge >= 0.3 is 6.09 Å². The van der Waals surface area contributed by atoms with Gasteiger partial charge in [-0.1, -0.05) is 6.92 Å². The molecule has 0 aromatic rings. The second kappa shape index (κ2) is 4.39. The average Bonchev–Trinajstić information content (AvgIpc) is 2.71. The summed E-state index contributed by atoms with van der Waals surface area (Å²) in [6.45, 7) is 6.21. The highest BCUT2D eigenvalue weighted by Crippen LogP contribution is 2.30. The van der Waals surface area contributed by atoms with Gasteiger partial charge in [0.25, 0.3) is 0 Å². The van der Waals surface area contributed by atoms with Gasteiger partial charge in [-0.3, -0.25) is 4.90 Å². The fourth-order valence-corrected chi connectivity index (χ4v) is 2.94. The smallest absolute Gasteiger partial charge is 0.409 e. The van der Waals surface area contributed by atoms with Crippen LogP contribution in [0.1, 0.15) is 19.8 Å². The number of hydrogen-bond donors (Lipinski definition) is 0. The van der Waals surface area contributed by atoms with Crippen molar-refractivity contribution in [1.82, 2.24) is 9.80 Å². The average molecular weight is 212 g/mol. The summed E-state index contributed by atoms with van der Waals surface area (Å²) >= 11 is 0.